The van der Waals surface area contributed by atoms with E-state index in [9.17, 15) is 4.79 Å². The highest BCUT2D eigenvalue weighted by Gasteiger charge is 2.31. The Bertz CT molecular complexity index is 795. The number of likely N-dealkylation sites (tertiary alicyclic amines) is 1. The molecule has 5 nitrogen and oxygen atoms in total. The molecule has 0 saturated carbocycles. The second kappa shape index (κ2) is 9.31. The minimum atomic E-state index is -0.130. The number of hydrogen-bond donors (Lipinski definition) is 1. The van der Waals surface area contributed by atoms with Gasteiger partial charge in [0.25, 0.3) is 0 Å². The molecule has 0 aromatic heterocycles. The quantitative estimate of drug-likeness (QED) is 0.673. The maximum Gasteiger partial charge on any atom is 0.321 e. The van der Waals surface area contributed by atoms with Crippen LogP contribution in [-0.2, 0) is 11.2 Å². The number of benzene rings is 2. The maximum absolute atomic E-state index is 12.4. The summed E-state index contributed by atoms with van der Waals surface area (Å²) < 4.78 is 10.4. The van der Waals surface area contributed by atoms with Crippen LogP contribution in [0.15, 0.2) is 42.5 Å². The summed E-state index contributed by atoms with van der Waals surface area (Å²) in [7, 11) is 1.61. The van der Waals surface area contributed by atoms with Gasteiger partial charge in [-0.3, -0.25) is 0 Å². The second-order valence-electron chi connectivity index (χ2n) is 6.48. The van der Waals surface area contributed by atoms with Gasteiger partial charge in [-0.2, -0.15) is 0 Å². The zero-order valence-corrected chi connectivity index (χ0v) is 16.6. The third kappa shape index (κ3) is 5.28. The van der Waals surface area contributed by atoms with Crippen LogP contribution in [0.2, 0.25) is 10.0 Å². The van der Waals surface area contributed by atoms with E-state index in [2.05, 4.69) is 5.32 Å². The lowest BCUT2D eigenvalue weighted by molar-refractivity contribution is 0.131. The van der Waals surface area contributed by atoms with Crippen LogP contribution in [0.25, 0.3) is 0 Å². The molecule has 2 amide bonds. The van der Waals surface area contributed by atoms with E-state index in [1.54, 1.807) is 30.2 Å². The molecule has 0 aliphatic carbocycles. The van der Waals surface area contributed by atoms with Crippen LogP contribution in [-0.4, -0.2) is 44.3 Å². The molecule has 27 heavy (non-hydrogen) atoms. The molecule has 1 fully saturated rings. The fourth-order valence-corrected chi connectivity index (χ4v) is 3.42. The first-order chi connectivity index (χ1) is 13.1. The molecule has 1 N–H and O–H groups in total. The smallest absolute Gasteiger partial charge is 0.321 e. The molecule has 1 aliphatic rings. The Morgan fingerprint density at radius 2 is 1.93 bits per heavy atom. The van der Waals surface area contributed by atoms with Crippen molar-refractivity contribution in [1.82, 2.24) is 4.90 Å². The van der Waals surface area contributed by atoms with Gasteiger partial charge in [-0.25, -0.2) is 4.79 Å². The van der Waals surface area contributed by atoms with Crippen molar-refractivity contribution in [2.75, 3.05) is 38.7 Å². The number of rotatable bonds is 7. The molecule has 2 aromatic carbocycles. The standard InChI is InChI=1S/C20H22Cl2N2O3/c1-26-8-9-27-19-7-6-16(11-18(19)22)23-20(25)24-12-14(13-24)10-15-4-2-3-5-17(15)21/h2-7,11,14H,8-10,12-13H2,1H3,(H,23,25). The van der Waals surface area contributed by atoms with Crippen molar-refractivity contribution in [3.05, 3.63) is 58.1 Å². The Morgan fingerprint density at radius 3 is 2.63 bits per heavy atom. The fourth-order valence-electron chi connectivity index (χ4n) is 2.97. The van der Waals surface area contributed by atoms with Gasteiger partial charge in [-0.15, -0.1) is 0 Å². The summed E-state index contributed by atoms with van der Waals surface area (Å²) >= 11 is 12.4. The van der Waals surface area contributed by atoms with E-state index in [1.807, 2.05) is 24.3 Å². The van der Waals surface area contributed by atoms with Crippen LogP contribution in [0.4, 0.5) is 10.5 Å². The molecule has 1 heterocycles. The Hall–Kier alpha value is -1.95. The van der Waals surface area contributed by atoms with E-state index < -0.39 is 0 Å². The number of hydrogen-bond acceptors (Lipinski definition) is 3. The topological polar surface area (TPSA) is 50.8 Å². The van der Waals surface area contributed by atoms with Crippen molar-refractivity contribution >= 4 is 34.9 Å². The minimum Gasteiger partial charge on any atom is -0.490 e. The van der Waals surface area contributed by atoms with Crippen LogP contribution in [0.5, 0.6) is 5.75 Å². The monoisotopic (exact) mass is 408 g/mol. The lowest BCUT2D eigenvalue weighted by atomic mass is 9.92. The van der Waals surface area contributed by atoms with E-state index >= 15 is 0 Å². The molecule has 0 spiro atoms. The molecule has 144 valence electrons. The molecule has 0 radical (unpaired) electrons. The average molecular weight is 409 g/mol. The highest BCUT2D eigenvalue weighted by Crippen LogP contribution is 2.29. The van der Waals surface area contributed by atoms with Crippen LogP contribution in [0.1, 0.15) is 5.56 Å². The predicted octanol–water partition coefficient (Wildman–Crippen LogP) is 4.73. The Morgan fingerprint density at radius 1 is 1.15 bits per heavy atom. The summed E-state index contributed by atoms with van der Waals surface area (Å²) in [4.78, 5) is 14.1. The molecule has 1 aliphatic heterocycles. The number of carbonyl (C=O) groups is 1. The predicted molar refractivity (Wildman–Crippen MR) is 108 cm³/mol. The molecular weight excluding hydrogens is 387 g/mol. The van der Waals surface area contributed by atoms with Gasteiger partial charge < -0.3 is 19.7 Å². The van der Waals surface area contributed by atoms with Gasteiger partial charge in [0.15, 0.2) is 0 Å². The van der Waals surface area contributed by atoms with Crippen LogP contribution in [0.3, 0.4) is 0 Å². The normalized spacial score (nSPS) is 14.0. The van der Waals surface area contributed by atoms with E-state index in [0.717, 1.165) is 17.0 Å². The third-order valence-electron chi connectivity index (χ3n) is 4.44. The third-order valence-corrected chi connectivity index (χ3v) is 5.10. The van der Waals surface area contributed by atoms with Gasteiger partial charge >= 0.3 is 6.03 Å². The number of methoxy groups -OCH3 is 1. The highest BCUT2D eigenvalue weighted by molar-refractivity contribution is 6.32. The highest BCUT2D eigenvalue weighted by atomic mass is 35.5. The number of ether oxygens (including phenoxy) is 2. The van der Waals surface area contributed by atoms with Crippen LogP contribution in [0, 0.1) is 5.92 Å². The molecule has 1 saturated heterocycles. The summed E-state index contributed by atoms with van der Waals surface area (Å²) in [6, 6.07) is 12.9. The SMILES string of the molecule is COCCOc1ccc(NC(=O)N2CC(Cc3ccccc3Cl)C2)cc1Cl. The van der Waals surface area contributed by atoms with Gasteiger partial charge in [-0.1, -0.05) is 41.4 Å². The van der Waals surface area contributed by atoms with Gasteiger partial charge in [0.1, 0.15) is 12.4 Å². The van der Waals surface area contributed by atoms with Crippen molar-refractivity contribution in [2.24, 2.45) is 5.92 Å². The number of amides is 2. The molecule has 2 aromatic rings. The van der Waals surface area contributed by atoms with Crippen molar-refractivity contribution in [1.29, 1.82) is 0 Å². The zero-order valence-electron chi connectivity index (χ0n) is 15.1. The summed E-state index contributed by atoms with van der Waals surface area (Å²) in [5.41, 5.74) is 1.76. The first-order valence-corrected chi connectivity index (χ1v) is 9.53. The van der Waals surface area contributed by atoms with Crippen molar-refractivity contribution < 1.29 is 14.3 Å². The van der Waals surface area contributed by atoms with Crippen LogP contribution >= 0.6 is 23.2 Å². The van der Waals surface area contributed by atoms with Gasteiger partial charge in [-0.05, 0) is 42.2 Å². The Labute approximate surface area is 169 Å². The molecule has 0 unspecified atom stereocenters. The summed E-state index contributed by atoms with van der Waals surface area (Å²) in [5, 5.41) is 4.10. The van der Waals surface area contributed by atoms with Crippen molar-refractivity contribution in [3.8, 4) is 5.75 Å². The Kier molecular flexibility index (Phi) is 6.83. The van der Waals surface area contributed by atoms with Gasteiger partial charge in [0.05, 0.1) is 11.6 Å². The van der Waals surface area contributed by atoms with E-state index in [-0.39, 0.29) is 6.03 Å². The lowest BCUT2D eigenvalue weighted by Crippen LogP contribution is -2.52. The van der Waals surface area contributed by atoms with Crippen LogP contribution < -0.4 is 10.1 Å². The number of nitrogens with one attached hydrogen (secondary N) is 1. The van der Waals surface area contributed by atoms with Crippen molar-refractivity contribution in [3.63, 3.8) is 0 Å². The average Bonchev–Trinajstić information content (AvgIpc) is 2.61. The number of halogens is 2. The number of anilines is 1. The summed E-state index contributed by atoms with van der Waals surface area (Å²) in [6.07, 6.45) is 0.878. The first-order valence-electron chi connectivity index (χ1n) is 8.77. The lowest BCUT2D eigenvalue weighted by Gasteiger charge is -2.39. The van der Waals surface area contributed by atoms with Crippen molar-refractivity contribution in [2.45, 2.75) is 6.42 Å². The number of urea groups is 1. The summed E-state index contributed by atoms with van der Waals surface area (Å²) in [6.45, 7) is 2.33. The van der Waals surface area contributed by atoms with Gasteiger partial charge in [0.2, 0.25) is 0 Å². The Balaban J connectivity index is 1.47. The fraction of sp³-hybridized carbons (Fsp3) is 0.350. The summed E-state index contributed by atoms with van der Waals surface area (Å²) in [5.74, 6) is 0.992. The number of carbonyl (C=O) groups excluding carboxylic acids is 1. The first kappa shape index (κ1) is 19.8. The molecular formula is C20H22Cl2N2O3. The molecule has 0 atom stereocenters. The minimum absolute atomic E-state index is 0.130. The molecule has 0 bridgehead atoms. The number of nitrogens with zero attached hydrogens (tertiary/aromatic N) is 1. The molecule has 7 heteroatoms. The second-order valence-corrected chi connectivity index (χ2v) is 7.30. The molecule has 3 rings (SSSR count). The zero-order chi connectivity index (χ0) is 19.2. The maximum atomic E-state index is 12.4. The van der Waals surface area contributed by atoms with E-state index in [0.29, 0.717) is 48.7 Å². The van der Waals surface area contributed by atoms with Gasteiger partial charge in [0, 0.05) is 30.9 Å². The van der Waals surface area contributed by atoms with E-state index in [1.165, 1.54) is 0 Å². The largest absolute Gasteiger partial charge is 0.490 e. The van der Waals surface area contributed by atoms with E-state index in [4.69, 9.17) is 32.7 Å².